The third-order valence-corrected chi connectivity index (χ3v) is 7.43. The lowest BCUT2D eigenvalue weighted by atomic mass is 9.78. The Morgan fingerprint density at radius 1 is 0.786 bits per heavy atom. The molecule has 0 spiro atoms. The molecule has 3 rings (SSSR count). The Hall–Kier alpha value is -3.58. The fraction of sp³-hybridized carbons (Fsp3) is 0.486. The van der Waals surface area contributed by atoms with Crippen molar-refractivity contribution < 1.29 is 33.6 Å². The molecule has 2 unspecified atom stereocenters. The first-order valence-electron chi connectivity index (χ1n) is 15.4. The van der Waals surface area contributed by atoms with Crippen molar-refractivity contribution in [3.8, 4) is 16.9 Å². The molecule has 0 radical (unpaired) electrons. The maximum absolute atomic E-state index is 13.1. The topological polar surface area (TPSA) is 91.3 Å². The third kappa shape index (κ3) is 8.48. The van der Waals surface area contributed by atoms with Crippen LogP contribution in [0.3, 0.4) is 0 Å². The number of aliphatic carboxylic acids is 1. The summed E-state index contributed by atoms with van der Waals surface area (Å²) < 4.78 is 23.3. The number of hydrogen-bond acceptors (Lipinski definition) is 6. The van der Waals surface area contributed by atoms with Crippen LogP contribution in [-0.4, -0.2) is 42.5 Å². The normalized spacial score (nSPS) is 18.1. The molecule has 1 aliphatic rings. The number of unbranched alkanes of at least 4 members (excludes halogenated alkanes) is 5. The predicted molar refractivity (Wildman–Crippen MR) is 164 cm³/mol. The van der Waals surface area contributed by atoms with Gasteiger partial charge in [0.05, 0.1) is 24.7 Å². The molecule has 0 bridgehead atoms. The van der Waals surface area contributed by atoms with E-state index >= 15 is 0 Å². The molecular weight excluding hydrogens is 532 g/mol. The van der Waals surface area contributed by atoms with E-state index in [-0.39, 0.29) is 12.4 Å². The van der Waals surface area contributed by atoms with Crippen LogP contribution in [0.5, 0.6) is 5.75 Å². The molecule has 42 heavy (non-hydrogen) atoms. The van der Waals surface area contributed by atoms with Gasteiger partial charge in [-0.15, -0.1) is 0 Å². The first-order valence-corrected chi connectivity index (χ1v) is 15.4. The van der Waals surface area contributed by atoms with Crippen LogP contribution in [0.4, 0.5) is 0 Å². The zero-order valence-electron chi connectivity index (χ0n) is 25.5. The van der Waals surface area contributed by atoms with E-state index in [1.54, 1.807) is 19.1 Å². The van der Waals surface area contributed by atoms with Crippen molar-refractivity contribution in [2.24, 2.45) is 5.92 Å². The summed E-state index contributed by atoms with van der Waals surface area (Å²) in [7, 11) is 0. The first kappa shape index (κ1) is 32.9. The van der Waals surface area contributed by atoms with Crippen molar-refractivity contribution in [1.29, 1.82) is 0 Å². The third-order valence-electron chi connectivity index (χ3n) is 7.43. The van der Waals surface area contributed by atoms with Gasteiger partial charge in [-0.3, -0.25) is 0 Å². The van der Waals surface area contributed by atoms with Gasteiger partial charge in [0.25, 0.3) is 0 Å². The van der Waals surface area contributed by atoms with Crippen LogP contribution in [0, 0.1) is 5.92 Å². The summed E-state index contributed by atoms with van der Waals surface area (Å²) in [6.07, 6.45) is 11.5. The lowest BCUT2D eigenvalue weighted by Crippen LogP contribution is -2.49. The predicted octanol–water partition coefficient (Wildman–Crippen LogP) is 8.34. The number of carbonyl (C=O) groups excluding carboxylic acids is 1. The molecule has 0 aromatic heterocycles. The highest BCUT2D eigenvalue weighted by atomic mass is 16.6. The monoisotopic (exact) mass is 578 g/mol. The smallest absolute Gasteiger partial charge is 0.343 e. The number of carboxylic acid groups (broad SMARTS) is 1. The van der Waals surface area contributed by atoms with Crippen molar-refractivity contribution in [2.45, 2.75) is 84.7 Å². The largest absolute Gasteiger partial charge is 0.494 e. The Morgan fingerprint density at radius 2 is 1.43 bits per heavy atom. The second-order valence-electron chi connectivity index (χ2n) is 10.5. The maximum Gasteiger partial charge on any atom is 0.343 e. The van der Waals surface area contributed by atoms with Gasteiger partial charge in [-0.05, 0) is 74.2 Å². The van der Waals surface area contributed by atoms with Crippen LogP contribution in [0.1, 0.15) is 89.4 Å². The summed E-state index contributed by atoms with van der Waals surface area (Å²) in [5.41, 5.74) is 0.775. The lowest BCUT2D eigenvalue weighted by Gasteiger charge is -2.38. The molecule has 0 saturated carbocycles. The maximum atomic E-state index is 13.1. The van der Waals surface area contributed by atoms with E-state index in [4.69, 9.17) is 18.9 Å². The number of hydrogen-bond donors (Lipinski definition) is 1. The van der Waals surface area contributed by atoms with Gasteiger partial charge in [-0.1, -0.05) is 76.6 Å². The minimum atomic E-state index is -1.58. The zero-order valence-corrected chi connectivity index (χ0v) is 25.5. The molecule has 7 nitrogen and oxygen atoms in total. The minimum Gasteiger partial charge on any atom is -0.494 e. The van der Waals surface area contributed by atoms with Crippen LogP contribution in [0.2, 0.25) is 0 Å². The molecule has 228 valence electrons. The molecule has 0 amide bonds. The first-order chi connectivity index (χ1) is 20.4. The standard InChI is InChI=1S/C35H46O7/c1-5-9-10-11-12-13-25-40-29-21-19-27(20-22-29)26-15-17-28(18-16-26)33(36)42-31-23-24-35(34(37)38,41-8-4)30(14-6-2)32(31)39-7-3/h15-24,30H,5-14,25H2,1-4H3,(H,37,38). The number of carbonyl (C=O) groups is 2. The molecular formula is C35H46O7. The quantitative estimate of drug-likeness (QED) is 0.140. The second-order valence-corrected chi connectivity index (χ2v) is 10.5. The number of rotatable bonds is 18. The molecule has 1 aliphatic carbocycles. The van der Waals surface area contributed by atoms with Gasteiger partial charge in [-0.2, -0.15) is 0 Å². The molecule has 2 aromatic carbocycles. The highest BCUT2D eigenvalue weighted by Gasteiger charge is 2.50. The number of esters is 1. The summed E-state index contributed by atoms with van der Waals surface area (Å²) in [6.45, 7) is 8.99. The number of carboxylic acids is 1. The Balaban J connectivity index is 1.67. The van der Waals surface area contributed by atoms with Crippen LogP contribution in [0.15, 0.2) is 72.2 Å². The SMILES string of the molecule is CCCCCCCCOc1ccc(-c2ccc(C(=O)OC3=C(OCC)C(CCC)C(OCC)(C(=O)O)C=C3)cc2)cc1. The van der Waals surface area contributed by atoms with Crippen LogP contribution >= 0.6 is 0 Å². The Morgan fingerprint density at radius 3 is 2.02 bits per heavy atom. The van der Waals surface area contributed by atoms with E-state index < -0.39 is 23.5 Å². The zero-order chi connectivity index (χ0) is 30.4. The summed E-state index contributed by atoms with van der Waals surface area (Å²) in [4.78, 5) is 25.5. The van der Waals surface area contributed by atoms with Crippen molar-refractivity contribution in [1.82, 2.24) is 0 Å². The average molecular weight is 579 g/mol. The van der Waals surface area contributed by atoms with Gasteiger partial charge < -0.3 is 24.1 Å². The average Bonchev–Trinajstić information content (AvgIpc) is 3.00. The molecule has 0 fully saturated rings. The molecule has 0 aliphatic heterocycles. The van der Waals surface area contributed by atoms with E-state index in [9.17, 15) is 14.7 Å². The highest BCUT2D eigenvalue weighted by Crippen LogP contribution is 2.40. The van der Waals surface area contributed by atoms with Crippen molar-refractivity contribution in [3.63, 3.8) is 0 Å². The minimum absolute atomic E-state index is 0.206. The van der Waals surface area contributed by atoms with E-state index in [0.717, 1.165) is 29.9 Å². The van der Waals surface area contributed by atoms with Gasteiger partial charge in [0.15, 0.2) is 11.4 Å². The fourth-order valence-electron chi connectivity index (χ4n) is 5.25. The van der Waals surface area contributed by atoms with Crippen molar-refractivity contribution >= 4 is 11.9 Å². The summed E-state index contributed by atoms with van der Waals surface area (Å²) in [6, 6.07) is 15.2. The van der Waals surface area contributed by atoms with Crippen LogP contribution in [-0.2, 0) is 19.0 Å². The molecule has 1 N–H and O–H groups in total. The van der Waals surface area contributed by atoms with Crippen molar-refractivity contribution in [3.05, 3.63) is 77.8 Å². The molecule has 7 heteroatoms. The summed E-state index contributed by atoms with van der Waals surface area (Å²) in [5.74, 6) is -0.906. The van der Waals surface area contributed by atoms with E-state index in [2.05, 4.69) is 6.92 Å². The summed E-state index contributed by atoms with van der Waals surface area (Å²) >= 11 is 0. The Bertz CT molecular complexity index is 1200. The lowest BCUT2D eigenvalue weighted by molar-refractivity contribution is -0.166. The van der Waals surface area contributed by atoms with Gasteiger partial charge in [-0.25, -0.2) is 9.59 Å². The second kappa shape index (κ2) is 16.8. The molecule has 2 atom stereocenters. The summed E-state index contributed by atoms with van der Waals surface area (Å²) in [5, 5.41) is 10.1. The molecule has 0 heterocycles. The van der Waals surface area contributed by atoms with Gasteiger partial charge in [0.2, 0.25) is 0 Å². The van der Waals surface area contributed by atoms with Crippen LogP contribution < -0.4 is 4.74 Å². The highest BCUT2D eigenvalue weighted by molar-refractivity contribution is 5.91. The molecule has 0 saturated heterocycles. The van der Waals surface area contributed by atoms with E-state index in [1.165, 1.54) is 44.3 Å². The van der Waals surface area contributed by atoms with E-state index in [1.807, 2.05) is 50.2 Å². The number of benzene rings is 2. The number of ether oxygens (including phenoxy) is 4. The van der Waals surface area contributed by atoms with E-state index in [0.29, 0.717) is 30.8 Å². The van der Waals surface area contributed by atoms with Crippen molar-refractivity contribution in [2.75, 3.05) is 19.8 Å². The number of allylic oxidation sites excluding steroid dienone is 1. The molecule has 2 aromatic rings. The Labute approximate surface area is 250 Å². The van der Waals surface area contributed by atoms with Gasteiger partial charge in [0, 0.05) is 6.61 Å². The van der Waals surface area contributed by atoms with Crippen LogP contribution in [0.25, 0.3) is 11.1 Å². The fourth-order valence-corrected chi connectivity index (χ4v) is 5.25. The Kier molecular flexibility index (Phi) is 13.1. The van der Waals surface area contributed by atoms with Gasteiger partial charge in [0.1, 0.15) is 11.5 Å². The van der Waals surface area contributed by atoms with Gasteiger partial charge >= 0.3 is 11.9 Å².